The van der Waals surface area contributed by atoms with Crippen molar-refractivity contribution in [3.63, 3.8) is 0 Å². The van der Waals surface area contributed by atoms with E-state index in [1.807, 2.05) is 6.92 Å². The largest absolute Gasteiger partial charge is 0.490 e. The number of nitrogens with zero attached hydrogens (tertiary/aromatic N) is 1. The van der Waals surface area contributed by atoms with Gasteiger partial charge in [0.05, 0.1) is 17.7 Å². The van der Waals surface area contributed by atoms with Crippen molar-refractivity contribution in [1.82, 2.24) is 0 Å². The summed E-state index contributed by atoms with van der Waals surface area (Å²) in [5.74, 6) is 0.130. The lowest BCUT2D eigenvalue weighted by molar-refractivity contribution is -0.137. The van der Waals surface area contributed by atoms with E-state index >= 15 is 0 Å². The molecule has 6 heteroatoms. The molecule has 0 aliphatic rings. The maximum Gasteiger partial charge on any atom is 0.416 e. The second kappa shape index (κ2) is 6.26. The van der Waals surface area contributed by atoms with Crippen molar-refractivity contribution in [3.8, 4) is 11.8 Å². The van der Waals surface area contributed by atoms with Gasteiger partial charge in [0, 0.05) is 6.61 Å². The van der Waals surface area contributed by atoms with E-state index in [1.165, 1.54) is 0 Å². The van der Waals surface area contributed by atoms with Crippen LogP contribution in [0.25, 0.3) is 0 Å². The molecule has 0 radical (unpaired) electrons. The van der Waals surface area contributed by atoms with E-state index in [2.05, 4.69) is 0 Å². The Morgan fingerprint density at radius 2 is 2.00 bits per heavy atom. The minimum Gasteiger partial charge on any atom is -0.490 e. The highest BCUT2D eigenvalue weighted by atomic mass is 19.4. The molecule has 0 aromatic heterocycles. The second-order valence-electron chi connectivity index (χ2n) is 3.37. The van der Waals surface area contributed by atoms with Gasteiger partial charge in [-0.25, -0.2) is 0 Å². The molecule has 0 N–H and O–H groups in total. The van der Waals surface area contributed by atoms with Gasteiger partial charge in [-0.1, -0.05) is 0 Å². The molecule has 0 saturated carbocycles. The van der Waals surface area contributed by atoms with E-state index in [0.29, 0.717) is 13.2 Å². The number of hydrogen-bond acceptors (Lipinski definition) is 3. The molecule has 0 unspecified atom stereocenters. The van der Waals surface area contributed by atoms with Gasteiger partial charge in [-0.15, -0.1) is 0 Å². The molecule has 0 atom stereocenters. The molecule has 0 saturated heterocycles. The monoisotopic (exact) mass is 259 g/mol. The number of benzene rings is 1. The van der Waals surface area contributed by atoms with Gasteiger partial charge in [0.2, 0.25) is 0 Å². The van der Waals surface area contributed by atoms with Crippen LogP contribution >= 0.6 is 0 Å². The van der Waals surface area contributed by atoms with Gasteiger partial charge >= 0.3 is 6.18 Å². The van der Waals surface area contributed by atoms with Crippen LogP contribution in [0.4, 0.5) is 13.2 Å². The average Bonchev–Trinajstić information content (AvgIpc) is 2.33. The van der Waals surface area contributed by atoms with E-state index in [0.717, 1.165) is 18.2 Å². The minimum atomic E-state index is -4.46. The molecule has 98 valence electrons. The molecule has 1 aromatic carbocycles. The molecule has 0 amide bonds. The molecule has 18 heavy (non-hydrogen) atoms. The topological polar surface area (TPSA) is 42.2 Å². The van der Waals surface area contributed by atoms with E-state index in [1.54, 1.807) is 6.07 Å². The Balaban J connectivity index is 2.79. The zero-order chi connectivity index (χ0) is 13.6. The van der Waals surface area contributed by atoms with Gasteiger partial charge < -0.3 is 9.47 Å². The number of rotatable bonds is 5. The van der Waals surface area contributed by atoms with Gasteiger partial charge in [-0.3, -0.25) is 0 Å². The van der Waals surface area contributed by atoms with Crippen LogP contribution in [0.5, 0.6) is 5.75 Å². The van der Waals surface area contributed by atoms with Crippen molar-refractivity contribution >= 4 is 0 Å². The lowest BCUT2D eigenvalue weighted by Gasteiger charge is -2.11. The molecule has 1 rings (SSSR count). The zero-order valence-corrected chi connectivity index (χ0v) is 9.75. The normalized spacial score (nSPS) is 11.1. The summed E-state index contributed by atoms with van der Waals surface area (Å²) in [6.45, 7) is 2.86. The Morgan fingerprint density at radius 3 is 2.56 bits per heavy atom. The van der Waals surface area contributed by atoms with E-state index < -0.39 is 11.7 Å². The average molecular weight is 259 g/mol. The standard InChI is InChI=1S/C12H12F3NO2/c1-2-17-5-6-18-11-4-3-10(12(13,14)15)7-9(11)8-16/h3-4,7H,2,5-6H2,1H3. The summed E-state index contributed by atoms with van der Waals surface area (Å²) in [7, 11) is 0. The van der Waals surface area contributed by atoms with E-state index in [9.17, 15) is 13.2 Å². The highest BCUT2D eigenvalue weighted by Gasteiger charge is 2.31. The van der Waals surface area contributed by atoms with Gasteiger partial charge in [0.1, 0.15) is 18.4 Å². The molecular weight excluding hydrogens is 247 g/mol. The summed E-state index contributed by atoms with van der Waals surface area (Å²) in [6, 6.07) is 4.49. The van der Waals surface area contributed by atoms with Crippen LogP contribution in [-0.4, -0.2) is 19.8 Å². The Hall–Kier alpha value is -1.74. The summed E-state index contributed by atoms with van der Waals surface area (Å²) in [4.78, 5) is 0. The lowest BCUT2D eigenvalue weighted by Crippen LogP contribution is -2.09. The van der Waals surface area contributed by atoms with Gasteiger partial charge in [0.15, 0.2) is 0 Å². The molecule has 0 spiro atoms. The summed E-state index contributed by atoms with van der Waals surface area (Å²) >= 11 is 0. The van der Waals surface area contributed by atoms with Gasteiger partial charge in [-0.2, -0.15) is 18.4 Å². The third-order valence-corrected chi connectivity index (χ3v) is 2.12. The molecule has 3 nitrogen and oxygen atoms in total. The van der Waals surface area contributed by atoms with Crippen molar-refractivity contribution in [1.29, 1.82) is 5.26 Å². The Kier molecular flexibility index (Phi) is 4.98. The maximum atomic E-state index is 12.4. The number of ether oxygens (including phenoxy) is 2. The third-order valence-electron chi connectivity index (χ3n) is 2.12. The second-order valence-corrected chi connectivity index (χ2v) is 3.37. The van der Waals surface area contributed by atoms with Crippen molar-refractivity contribution in [2.45, 2.75) is 13.1 Å². The smallest absolute Gasteiger partial charge is 0.416 e. The fourth-order valence-electron chi connectivity index (χ4n) is 1.27. The number of halogens is 3. The lowest BCUT2D eigenvalue weighted by atomic mass is 10.1. The van der Waals surface area contributed by atoms with Crippen molar-refractivity contribution in [2.24, 2.45) is 0 Å². The highest BCUT2D eigenvalue weighted by molar-refractivity contribution is 5.46. The highest BCUT2D eigenvalue weighted by Crippen LogP contribution is 2.32. The van der Waals surface area contributed by atoms with E-state index in [4.69, 9.17) is 14.7 Å². The van der Waals surface area contributed by atoms with Crippen LogP contribution in [0.2, 0.25) is 0 Å². The first kappa shape index (κ1) is 14.3. The first-order chi connectivity index (χ1) is 8.49. The quantitative estimate of drug-likeness (QED) is 0.763. The third kappa shape index (κ3) is 3.93. The number of alkyl halides is 3. The predicted octanol–water partition coefficient (Wildman–Crippen LogP) is 2.99. The Labute approximate surface area is 103 Å². The predicted molar refractivity (Wildman–Crippen MR) is 58.1 cm³/mol. The van der Waals surface area contributed by atoms with Crippen molar-refractivity contribution < 1.29 is 22.6 Å². The summed E-state index contributed by atoms with van der Waals surface area (Å²) in [5, 5.41) is 8.78. The van der Waals surface area contributed by atoms with Crippen LogP contribution in [0.1, 0.15) is 18.1 Å². The van der Waals surface area contributed by atoms with Crippen LogP contribution in [0.3, 0.4) is 0 Å². The van der Waals surface area contributed by atoms with Crippen LogP contribution in [-0.2, 0) is 10.9 Å². The molecule has 0 fully saturated rings. The molecule has 0 bridgehead atoms. The Morgan fingerprint density at radius 1 is 1.28 bits per heavy atom. The minimum absolute atomic E-state index is 0.130. The maximum absolute atomic E-state index is 12.4. The zero-order valence-electron chi connectivity index (χ0n) is 9.75. The number of nitriles is 1. The SMILES string of the molecule is CCOCCOc1ccc(C(F)(F)F)cc1C#N. The molecule has 0 aliphatic heterocycles. The van der Waals surface area contributed by atoms with Gasteiger partial charge in [-0.05, 0) is 25.1 Å². The van der Waals surface area contributed by atoms with Crippen LogP contribution in [0.15, 0.2) is 18.2 Å². The van der Waals surface area contributed by atoms with Crippen molar-refractivity contribution in [2.75, 3.05) is 19.8 Å². The molecule has 1 aromatic rings. The number of hydrogen-bond donors (Lipinski definition) is 0. The Bertz CT molecular complexity index is 438. The summed E-state index contributed by atoms with van der Waals surface area (Å²) in [6.07, 6.45) is -4.46. The molecule has 0 aliphatic carbocycles. The van der Waals surface area contributed by atoms with Crippen molar-refractivity contribution in [3.05, 3.63) is 29.3 Å². The molecule has 0 heterocycles. The van der Waals surface area contributed by atoms with Gasteiger partial charge in [0.25, 0.3) is 0 Å². The fraction of sp³-hybridized carbons (Fsp3) is 0.417. The van der Waals surface area contributed by atoms with E-state index in [-0.39, 0.29) is 17.9 Å². The van der Waals surface area contributed by atoms with Crippen LogP contribution < -0.4 is 4.74 Å². The summed E-state index contributed by atoms with van der Waals surface area (Å²) in [5.41, 5.74) is -1.00. The first-order valence-electron chi connectivity index (χ1n) is 5.31. The molecular formula is C12H12F3NO2. The fourth-order valence-corrected chi connectivity index (χ4v) is 1.27. The summed E-state index contributed by atoms with van der Waals surface area (Å²) < 4.78 is 47.5. The van der Waals surface area contributed by atoms with Crippen LogP contribution in [0, 0.1) is 11.3 Å². The first-order valence-corrected chi connectivity index (χ1v) is 5.31.